The molecule has 1 aliphatic rings. The molecule has 1 saturated carbocycles. The molecule has 0 unspecified atom stereocenters. The molecule has 0 saturated heterocycles. The molecule has 0 aromatic carbocycles. The molecule has 0 spiro atoms. The molecule has 4 nitrogen and oxygen atoms in total. The van der Waals surface area contributed by atoms with Crippen LogP contribution in [-0.4, -0.2) is 29.6 Å². The van der Waals surface area contributed by atoms with Crippen LogP contribution in [0.15, 0.2) is 6.33 Å². The molecule has 1 aliphatic carbocycles. The smallest absolute Gasteiger partial charge is 0.137 e. The summed E-state index contributed by atoms with van der Waals surface area (Å²) in [6.07, 6.45) is 7.81. The number of rotatable bonds is 9. The summed E-state index contributed by atoms with van der Waals surface area (Å²) in [6.45, 7) is 9.74. The van der Waals surface area contributed by atoms with Crippen LogP contribution in [-0.2, 0) is 6.42 Å². The Kier molecular flexibility index (Phi) is 5.62. The minimum absolute atomic E-state index is 0.883. The highest BCUT2D eigenvalue weighted by Gasteiger charge is 2.26. The molecular formula is C16H28N4. The fourth-order valence-corrected chi connectivity index (χ4v) is 2.64. The average Bonchev–Trinajstić information content (AvgIpc) is 3.25. The van der Waals surface area contributed by atoms with E-state index in [1.54, 1.807) is 6.33 Å². The minimum atomic E-state index is 0.883. The zero-order valence-electron chi connectivity index (χ0n) is 13.2. The van der Waals surface area contributed by atoms with E-state index in [9.17, 15) is 0 Å². The molecule has 1 N–H and O–H groups in total. The molecule has 1 heterocycles. The van der Waals surface area contributed by atoms with Crippen LogP contribution in [0.3, 0.4) is 0 Å². The van der Waals surface area contributed by atoms with Crippen LogP contribution in [0.1, 0.15) is 52.0 Å². The summed E-state index contributed by atoms with van der Waals surface area (Å²) in [4.78, 5) is 11.5. The van der Waals surface area contributed by atoms with Crippen molar-refractivity contribution in [3.8, 4) is 0 Å². The molecule has 2 rings (SSSR count). The van der Waals surface area contributed by atoms with Gasteiger partial charge in [0.1, 0.15) is 18.0 Å². The van der Waals surface area contributed by atoms with Gasteiger partial charge in [-0.05, 0) is 38.5 Å². The van der Waals surface area contributed by atoms with Crippen molar-refractivity contribution in [2.75, 3.05) is 29.9 Å². The van der Waals surface area contributed by atoms with E-state index in [0.29, 0.717) is 0 Å². The van der Waals surface area contributed by atoms with Gasteiger partial charge in [-0.1, -0.05) is 20.3 Å². The van der Waals surface area contributed by atoms with Gasteiger partial charge < -0.3 is 10.2 Å². The van der Waals surface area contributed by atoms with E-state index in [0.717, 1.165) is 50.0 Å². The van der Waals surface area contributed by atoms with Gasteiger partial charge in [0, 0.05) is 25.2 Å². The van der Waals surface area contributed by atoms with Gasteiger partial charge in [0.05, 0.1) is 0 Å². The van der Waals surface area contributed by atoms with Crippen LogP contribution < -0.4 is 10.2 Å². The quantitative estimate of drug-likeness (QED) is 0.749. The van der Waals surface area contributed by atoms with E-state index < -0.39 is 0 Å². The number of hydrogen-bond acceptors (Lipinski definition) is 4. The van der Waals surface area contributed by atoms with Gasteiger partial charge in [-0.3, -0.25) is 0 Å². The molecular weight excluding hydrogens is 248 g/mol. The molecule has 0 aliphatic heterocycles. The van der Waals surface area contributed by atoms with E-state index >= 15 is 0 Å². The Bertz CT molecular complexity index is 415. The maximum atomic E-state index is 4.61. The van der Waals surface area contributed by atoms with Crippen LogP contribution in [0.25, 0.3) is 0 Å². The average molecular weight is 276 g/mol. The molecule has 20 heavy (non-hydrogen) atoms. The van der Waals surface area contributed by atoms with Gasteiger partial charge >= 0.3 is 0 Å². The normalized spacial score (nSPS) is 14.3. The Labute approximate surface area is 123 Å². The largest absolute Gasteiger partial charge is 0.370 e. The molecule has 0 radical (unpaired) electrons. The number of nitrogens with one attached hydrogen (secondary N) is 1. The van der Waals surface area contributed by atoms with Crippen LogP contribution in [0.5, 0.6) is 0 Å². The number of hydrogen-bond donors (Lipinski definition) is 1. The lowest BCUT2D eigenvalue weighted by atomic mass is 10.1. The van der Waals surface area contributed by atoms with Crippen molar-refractivity contribution in [1.82, 2.24) is 9.97 Å². The standard InChI is InChI=1S/C16H28N4/c1-4-7-14-15(17-6-3)18-12-19-16(14)20(10-5-2)11-13-8-9-13/h12-13H,4-11H2,1-3H3,(H,17,18,19). The number of nitrogens with zero attached hydrogens (tertiary/aromatic N) is 3. The lowest BCUT2D eigenvalue weighted by molar-refractivity contribution is 0.691. The molecule has 0 amide bonds. The van der Waals surface area contributed by atoms with Crippen molar-refractivity contribution in [1.29, 1.82) is 0 Å². The third-order valence-corrected chi connectivity index (χ3v) is 3.74. The molecule has 112 valence electrons. The topological polar surface area (TPSA) is 41.1 Å². The summed E-state index contributed by atoms with van der Waals surface area (Å²) in [7, 11) is 0. The highest BCUT2D eigenvalue weighted by atomic mass is 15.2. The van der Waals surface area contributed by atoms with Crippen LogP contribution in [0.4, 0.5) is 11.6 Å². The van der Waals surface area contributed by atoms with Crippen molar-refractivity contribution in [3.05, 3.63) is 11.9 Å². The van der Waals surface area contributed by atoms with Gasteiger partial charge in [0.2, 0.25) is 0 Å². The fraction of sp³-hybridized carbons (Fsp3) is 0.750. The van der Waals surface area contributed by atoms with E-state index in [1.807, 2.05) is 0 Å². The summed E-state index contributed by atoms with van der Waals surface area (Å²) in [5, 5.41) is 3.39. The Morgan fingerprint density at radius 1 is 1.20 bits per heavy atom. The van der Waals surface area contributed by atoms with Crippen molar-refractivity contribution < 1.29 is 0 Å². The van der Waals surface area contributed by atoms with Gasteiger partial charge in [-0.15, -0.1) is 0 Å². The Balaban J connectivity index is 2.27. The second kappa shape index (κ2) is 7.46. The van der Waals surface area contributed by atoms with Crippen LogP contribution >= 0.6 is 0 Å². The van der Waals surface area contributed by atoms with Gasteiger partial charge in [-0.2, -0.15) is 0 Å². The predicted octanol–water partition coefficient (Wildman–Crippen LogP) is 3.49. The molecule has 0 atom stereocenters. The van der Waals surface area contributed by atoms with Gasteiger partial charge in [0.15, 0.2) is 0 Å². The summed E-state index contributed by atoms with van der Waals surface area (Å²) in [6, 6.07) is 0. The Morgan fingerprint density at radius 2 is 2.00 bits per heavy atom. The maximum absolute atomic E-state index is 4.61. The minimum Gasteiger partial charge on any atom is -0.370 e. The monoisotopic (exact) mass is 276 g/mol. The third-order valence-electron chi connectivity index (χ3n) is 3.74. The lowest BCUT2D eigenvalue weighted by Gasteiger charge is -2.26. The summed E-state index contributed by atoms with van der Waals surface area (Å²) >= 11 is 0. The van der Waals surface area contributed by atoms with Crippen molar-refractivity contribution >= 4 is 11.6 Å². The zero-order chi connectivity index (χ0) is 14.4. The number of anilines is 2. The third kappa shape index (κ3) is 3.84. The highest BCUT2D eigenvalue weighted by molar-refractivity contribution is 5.59. The van der Waals surface area contributed by atoms with Gasteiger partial charge in [-0.25, -0.2) is 9.97 Å². The van der Waals surface area contributed by atoms with E-state index in [4.69, 9.17) is 0 Å². The first-order chi connectivity index (χ1) is 9.80. The van der Waals surface area contributed by atoms with E-state index in [2.05, 4.69) is 41.0 Å². The van der Waals surface area contributed by atoms with Crippen molar-refractivity contribution in [2.24, 2.45) is 5.92 Å². The summed E-state index contributed by atoms with van der Waals surface area (Å²) in [5.41, 5.74) is 1.30. The van der Waals surface area contributed by atoms with Crippen LogP contribution in [0.2, 0.25) is 0 Å². The molecule has 1 aromatic heterocycles. The van der Waals surface area contributed by atoms with Crippen molar-refractivity contribution in [2.45, 2.75) is 52.9 Å². The second-order valence-electron chi connectivity index (χ2n) is 5.69. The molecule has 1 fully saturated rings. The fourth-order valence-electron chi connectivity index (χ4n) is 2.64. The highest BCUT2D eigenvalue weighted by Crippen LogP contribution is 2.33. The first kappa shape index (κ1) is 15.1. The number of aromatic nitrogens is 2. The second-order valence-corrected chi connectivity index (χ2v) is 5.69. The summed E-state index contributed by atoms with van der Waals surface area (Å²) < 4.78 is 0. The first-order valence-electron chi connectivity index (χ1n) is 8.12. The Morgan fingerprint density at radius 3 is 2.60 bits per heavy atom. The SMILES string of the molecule is CCCc1c(NCC)ncnc1N(CCC)CC1CC1. The van der Waals surface area contributed by atoms with Gasteiger partial charge in [0.25, 0.3) is 0 Å². The van der Waals surface area contributed by atoms with E-state index in [1.165, 1.54) is 24.8 Å². The Hall–Kier alpha value is -1.32. The van der Waals surface area contributed by atoms with Crippen molar-refractivity contribution in [3.63, 3.8) is 0 Å². The molecule has 0 bridgehead atoms. The first-order valence-corrected chi connectivity index (χ1v) is 8.12. The zero-order valence-corrected chi connectivity index (χ0v) is 13.2. The van der Waals surface area contributed by atoms with Crippen LogP contribution in [0, 0.1) is 5.92 Å². The maximum Gasteiger partial charge on any atom is 0.137 e. The summed E-state index contributed by atoms with van der Waals surface area (Å²) in [5.74, 6) is 3.07. The molecule has 4 heteroatoms. The molecule has 1 aromatic rings. The predicted molar refractivity (Wildman–Crippen MR) is 85.4 cm³/mol. The lowest BCUT2D eigenvalue weighted by Crippen LogP contribution is -2.29. The van der Waals surface area contributed by atoms with E-state index in [-0.39, 0.29) is 0 Å².